The van der Waals surface area contributed by atoms with Crippen molar-refractivity contribution in [3.05, 3.63) is 102 Å². The Hall–Kier alpha value is -3.15. The summed E-state index contributed by atoms with van der Waals surface area (Å²) >= 11 is 0. The minimum atomic E-state index is -0.807. The maximum Gasteiger partial charge on any atom is 0.252 e. The van der Waals surface area contributed by atoms with Crippen molar-refractivity contribution in [1.29, 1.82) is 0 Å². The third kappa shape index (κ3) is 4.37. The molecule has 4 rings (SSSR count). The molecule has 1 heterocycles. The molecule has 1 aliphatic rings. The van der Waals surface area contributed by atoms with Crippen molar-refractivity contribution in [2.75, 3.05) is 13.1 Å². The molecule has 1 amide bonds. The first kappa shape index (κ1) is 20.1. The first-order valence-corrected chi connectivity index (χ1v) is 10.2. The number of ether oxygens (including phenoxy) is 1. The van der Waals surface area contributed by atoms with Crippen molar-refractivity contribution in [2.45, 2.75) is 24.7 Å². The largest absolute Gasteiger partial charge is 0.489 e. The Morgan fingerprint density at radius 2 is 1.67 bits per heavy atom. The van der Waals surface area contributed by atoms with Crippen LogP contribution in [0.3, 0.4) is 0 Å². The number of carbonyl (C=O) groups is 1. The van der Waals surface area contributed by atoms with Gasteiger partial charge in [-0.3, -0.25) is 4.79 Å². The Balaban J connectivity index is 1.47. The second kappa shape index (κ2) is 9.11. The van der Waals surface area contributed by atoms with Crippen LogP contribution in [0.2, 0.25) is 0 Å². The maximum atomic E-state index is 13.1. The van der Waals surface area contributed by atoms with Gasteiger partial charge in [0.1, 0.15) is 12.4 Å². The van der Waals surface area contributed by atoms with E-state index in [1.807, 2.05) is 72.8 Å². The summed E-state index contributed by atoms with van der Waals surface area (Å²) < 4.78 is 5.76. The van der Waals surface area contributed by atoms with E-state index in [1.54, 1.807) is 12.1 Å². The zero-order valence-corrected chi connectivity index (χ0v) is 16.8. The average molecular weight is 402 g/mol. The molecule has 0 bridgehead atoms. The fourth-order valence-electron chi connectivity index (χ4n) is 3.87. The van der Waals surface area contributed by atoms with Crippen LogP contribution in [0, 0.1) is 0 Å². The number of β-amino-alcohol motifs (C(OH)–C–C–N with tert-alkyl or cyclic N) is 1. The van der Waals surface area contributed by atoms with E-state index in [2.05, 4.69) is 10.6 Å². The highest BCUT2D eigenvalue weighted by Gasteiger charge is 2.42. The predicted molar refractivity (Wildman–Crippen MR) is 116 cm³/mol. The molecule has 3 aromatic rings. The number of carbonyl (C=O) groups excluding carboxylic acids is 1. The van der Waals surface area contributed by atoms with Gasteiger partial charge in [0.2, 0.25) is 0 Å². The third-order valence-electron chi connectivity index (χ3n) is 5.59. The average Bonchev–Trinajstić information content (AvgIpc) is 2.81. The monoisotopic (exact) mass is 402 g/mol. The molecule has 1 saturated heterocycles. The van der Waals surface area contributed by atoms with Crippen LogP contribution in [0.25, 0.3) is 0 Å². The molecule has 5 nitrogen and oxygen atoms in total. The van der Waals surface area contributed by atoms with Gasteiger partial charge in [-0.05, 0) is 48.4 Å². The van der Waals surface area contributed by atoms with Crippen molar-refractivity contribution >= 4 is 5.91 Å². The SMILES string of the molecule is O=C(N[C@@]1(c2ccccc2)CCNC[C@H]1O)c1ccc(COc2ccccc2)cc1. The van der Waals surface area contributed by atoms with Crippen LogP contribution in [0.1, 0.15) is 27.9 Å². The van der Waals surface area contributed by atoms with Crippen molar-refractivity contribution in [1.82, 2.24) is 10.6 Å². The molecule has 154 valence electrons. The molecule has 30 heavy (non-hydrogen) atoms. The molecule has 0 saturated carbocycles. The Labute approximate surface area is 176 Å². The molecule has 0 unspecified atom stereocenters. The van der Waals surface area contributed by atoms with Gasteiger partial charge in [0.25, 0.3) is 5.91 Å². The van der Waals surface area contributed by atoms with Gasteiger partial charge >= 0.3 is 0 Å². The van der Waals surface area contributed by atoms with E-state index >= 15 is 0 Å². The number of aliphatic hydroxyl groups is 1. The van der Waals surface area contributed by atoms with Crippen LogP contribution in [0.5, 0.6) is 5.75 Å². The summed E-state index contributed by atoms with van der Waals surface area (Å²) in [5, 5.41) is 17.1. The van der Waals surface area contributed by atoms with Gasteiger partial charge in [-0.1, -0.05) is 60.7 Å². The molecule has 0 spiro atoms. The van der Waals surface area contributed by atoms with Gasteiger partial charge < -0.3 is 20.5 Å². The first-order valence-electron chi connectivity index (χ1n) is 10.2. The number of hydrogen-bond donors (Lipinski definition) is 3. The van der Waals surface area contributed by atoms with E-state index < -0.39 is 11.6 Å². The number of para-hydroxylation sites is 1. The van der Waals surface area contributed by atoms with Crippen molar-refractivity contribution in [2.24, 2.45) is 0 Å². The Morgan fingerprint density at radius 1 is 1.00 bits per heavy atom. The lowest BCUT2D eigenvalue weighted by Crippen LogP contribution is -2.61. The van der Waals surface area contributed by atoms with Gasteiger partial charge in [-0.15, -0.1) is 0 Å². The van der Waals surface area contributed by atoms with Crippen molar-refractivity contribution < 1.29 is 14.6 Å². The Bertz CT molecular complexity index is 961. The number of amides is 1. The molecular formula is C25H26N2O3. The van der Waals surface area contributed by atoms with Crippen molar-refractivity contribution in [3.63, 3.8) is 0 Å². The van der Waals surface area contributed by atoms with Crippen LogP contribution in [0.4, 0.5) is 0 Å². The van der Waals surface area contributed by atoms with Crippen LogP contribution in [-0.2, 0) is 12.1 Å². The summed E-state index contributed by atoms with van der Waals surface area (Å²) in [6.07, 6.45) is -0.0939. The Kier molecular flexibility index (Phi) is 6.12. The zero-order valence-electron chi connectivity index (χ0n) is 16.8. The lowest BCUT2D eigenvalue weighted by Gasteiger charge is -2.43. The Morgan fingerprint density at radius 3 is 2.33 bits per heavy atom. The van der Waals surface area contributed by atoms with E-state index in [4.69, 9.17) is 4.74 Å². The first-order chi connectivity index (χ1) is 14.7. The number of aliphatic hydroxyl groups excluding tert-OH is 1. The van der Waals surface area contributed by atoms with Gasteiger partial charge in [-0.2, -0.15) is 0 Å². The zero-order chi connectivity index (χ0) is 20.8. The van der Waals surface area contributed by atoms with E-state index in [0.29, 0.717) is 25.1 Å². The molecule has 3 N–H and O–H groups in total. The quantitative estimate of drug-likeness (QED) is 0.592. The number of piperidine rings is 1. The number of hydrogen-bond acceptors (Lipinski definition) is 4. The highest BCUT2D eigenvalue weighted by molar-refractivity contribution is 5.94. The van der Waals surface area contributed by atoms with E-state index in [-0.39, 0.29) is 5.91 Å². The third-order valence-corrected chi connectivity index (χ3v) is 5.59. The fourth-order valence-corrected chi connectivity index (χ4v) is 3.87. The van der Waals surface area contributed by atoms with E-state index in [9.17, 15) is 9.90 Å². The van der Waals surface area contributed by atoms with Crippen LogP contribution >= 0.6 is 0 Å². The molecule has 0 aliphatic carbocycles. The standard InChI is InChI=1S/C25H26N2O3/c28-23-17-26-16-15-25(23,21-7-3-1-4-8-21)27-24(29)20-13-11-19(12-14-20)18-30-22-9-5-2-6-10-22/h1-14,23,26,28H,15-18H2,(H,27,29)/t23-,25-/m1/s1. The fraction of sp³-hybridized carbons (Fsp3) is 0.240. The highest BCUT2D eigenvalue weighted by Crippen LogP contribution is 2.31. The van der Waals surface area contributed by atoms with Gasteiger partial charge in [0, 0.05) is 12.1 Å². The number of benzene rings is 3. The molecule has 3 aromatic carbocycles. The molecule has 0 aromatic heterocycles. The van der Waals surface area contributed by atoms with E-state index in [1.165, 1.54) is 0 Å². The minimum absolute atomic E-state index is 0.199. The lowest BCUT2D eigenvalue weighted by molar-refractivity contribution is 0.0289. The summed E-state index contributed by atoms with van der Waals surface area (Å²) in [7, 11) is 0. The predicted octanol–water partition coefficient (Wildman–Crippen LogP) is 3.25. The van der Waals surface area contributed by atoms with Crippen LogP contribution in [0.15, 0.2) is 84.9 Å². The second-order valence-electron chi connectivity index (χ2n) is 7.56. The summed E-state index contributed by atoms with van der Waals surface area (Å²) in [4.78, 5) is 13.1. The minimum Gasteiger partial charge on any atom is -0.489 e. The molecule has 0 radical (unpaired) electrons. The van der Waals surface area contributed by atoms with Gasteiger partial charge in [-0.25, -0.2) is 0 Å². The molecule has 2 atom stereocenters. The maximum absolute atomic E-state index is 13.1. The highest BCUT2D eigenvalue weighted by atomic mass is 16.5. The smallest absolute Gasteiger partial charge is 0.252 e. The number of nitrogens with one attached hydrogen (secondary N) is 2. The van der Waals surface area contributed by atoms with Crippen LogP contribution < -0.4 is 15.4 Å². The summed E-state index contributed by atoms with van der Waals surface area (Å²) in [5.74, 6) is 0.611. The topological polar surface area (TPSA) is 70.6 Å². The summed E-state index contributed by atoms with van der Waals surface area (Å²) in [5.41, 5.74) is 1.65. The van der Waals surface area contributed by atoms with Crippen molar-refractivity contribution in [3.8, 4) is 5.75 Å². The molecule has 1 aliphatic heterocycles. The normalized spacial score (nSPS) is 21.0. The summed E-state index contributed by atoms with van der Waals surface area (Å²) in [6, 6.07) is 26.7. The molecule has 1 fully saturated rings. The molecular weight excluding hydrogens is 376 g/mol. The molecule has 5 heteroatoms. The number of rotatable bonds is 6. The summed E-state index contributed by atoms with van der Waals surface area (Å²) in [6.45, 7) is 1.59. The van der Waals surface area contributed by atoms with Crippen LogP contribution in [-0.4, -0.2) is 30.2 Å². The van der Waals surface area contributed by atoms with E-state index in [0.717, 1.165) is 23.4 Å². The van der Waals surface area contributed by atoms with Gasteiger partial charge in [0.05, 0.1) is 11.6 Å². The van der Waals surface area contributed by atoms with Gasteiger partial charge in [0.15, 0.2) is 0 Å². The lowest BCUT2D eigenvalue weighted by atomic mass is 9.79. The second-order valence-corrected chi connectivity index (χ2v) is 7.56.